The first-order valence-electron chi connectivity index (χ1n) is 7.14. The van der Waals surface area contributed by atoms with Gasteiger partial charge in [0.2, 0.25) is 0 Å². The van der Waals surface area contributed by atoms with Gasteiger partial charge < -0.3 is 0 Å². The largest absolute Gasteiger partial charge is 0.284 e. The summed E-state index contributed by atoms with van der Waals surface area (Å²) in [5.41, 5.74) is 4.88. The predicted octanol–water partition coefficient (Wildman–Crippen LogP) is 4.89. The second-order valence-corrected chi connectivity index (χ2v) is 5.74. The molecule has 1 nitrogen and oxygen atoms in total. The Bertz CT molecular complexity index is 847. The maximum atomic E-state index is 5.99. The minimum absolute atomic E-state index is 0.758. The van der Waals surface area contributed by atoms with Crippen molar-refractivity contribution in [3.8, 4) is 0 Å². The molecule has 0 amide bonds. The summed E-state index contributed by atoms with van der Waals surface area (Å²) in [6.07, 6.45) is 1.01. The lowest BCUT2D eigenvalue weighted by atomic mass is 9.89. The Hall–Kier alpha value is -2.12. The van der Waals surface area contributed by atoms with E-state index in [-0.39, 0.29) is 0 Å². The van der Waals surface area contributed by atoms with Crippen LogP contribution in [-0.4, -0.2) is 12.3 Å². The lowest BCUT2D eigenvalue weighted by Gasteiger charge is -2.19. The van der Waals surface area contributed by atoms with Crippen molar-refractivity contribution in [3.63, 3.8) is 0 Å². The SMILES string of the molecule is Clc1ccc(C2=NCCc3c2ccc2ccccc32)cc1. The minimum atomic E-state index is 0.758. The molecule has 0 N–H and O–H groups in total. The summed E-state index contributed by atoms with van der Waals surface area (Å²) in [6, 6.07) is 20.9. The second kappa shape index (κ2) is 5.01. The predicted molar refractivity (Wildman–Crippen MR) is 89.6 cm³/mol. The van der Waals surface area contributed by atoms with E-state index in [1.165, 1.54) is 21.9 Å². The summed E-state index contributed by atoms with van der Waals surface area (Å²) in [5.74, 6) is 0. The molecule has 0 saturated heterocycles. The van der Waals surface area contributed by atoms with Crippen molar-refractivity contribution >= 4 is 28.1 Å². The fourth-order valence-corrected chi connectivity index (χ4v) is 3.17. The summed E-state index contributed by atoms with van der Waals surface area (Å²) in [6.45, 7) is 0.846. The number of rotatable bonds is 1. The summed E-state index contributed by atoms with van der Waals surface area (Å²) < 4.78 is 0. The third-order valence-corrected chi connectivity index (χ3v) is 4.30. The van der Waals surface area contributed by atoms with Crippen molar-refractivity contribution in [2.75, 3.05) is 6.54 Å². The Labute approximate surface area is 128 Å². The van der Waals surface area contributed by atoms with E-state index in [9.17, 15) is 0 Å². The van der Waals surface area contributed by atoms with Gasteiger partial charge in [-0.25, -0.2) is 0 Å². The molecule has 1 aliphatic heterocycles. The first kappa shape index (κ1) is 12.6. The molecule has 1 heterocycles. The van der Waals surface area contributed by atoms with Crippen LogP contribution in [-0.2, 0) is 6.42 Å². The van der Waals surface area contributed by atoms with Crippen LogP contribution in [0.4, 0.5) is 0 Å². The van der Waals surface area contributed by atoms with Gasteiger partial charge in [0.25, 0.3) is 0 Å². The van der Waals surface area contributed by atoms with Crippen LogP contribution in [0.2, 0.25) is 5.02 Å². The molecular formula is C19H14ClN. The number of fused-ring (bicyclic) bond motifs is 3. The Balaban J connectivity index is 1.92. The number of nitrogens with zero attached hydrogens (tertiary/aromatic N) is 1. The van der Waals surface area contributed by atoms with Crippen LogP contribution in [0.5, 0.6) is 0 Å². The zero-order valence-electron chi connectivity index (χ0n) is 11.5. The number of aliphatic imine (C=N–C) groups is 1. The van der Waals surface area contributed by atoms with Gasteiger partial charge in [0, 0.05) is 22.7 Å². The maximum absolute atomic E-state index is 5.99. The molecule has 3 aromatic carbocycles. The monoisotopic (exact) mass is 291 g/mol. The van der Waals surface area contributed by atoms with Crippen LogP contribution in [0.25, 0.3) is 10.8 Å². The van der Waals surface area contributed by atoms with Gasteiger partial charge in [0.1, 0.15) is 0 Å². The average molecular weight is 292 g/mol. The molecule has 0 aromatic heterocycles. The Morgan fingerprint density at radius 2 is 1.67 bits per heavy atom. The summed E-state index contributed by atoms with van der Waals surface area (Å²) in [4.78, 5) is 4.75. The number of hydrogen-bond acceptors (Lipinski definition) is 1. The van der Waals surface area contributed by atoms with Crippen molar-refractivity contribution in [3.05, 3.63) is 82.4 Å². The molecule has 2 heteroatoms. The summed E-state index contributed by atoms with van der Waals surface area (Å²) in [5, 5.41) is 3.40. The molecule has 0 radical (unpaired) electrons. The van der Waals surface area contributed by atoms with Crippen molar-refractivity contribution in [2.24, 2.45) is 4.99 Å². The van der Waals surface area contributed by atoms with Gasteiger partial charge in [-0.2, -0.15) is 0 Å². The van der Waals surface area contributed by atoms with E-state index in [2.05, 4.69) is 36.4 Å². The van der Waals surface area contributed by atoms with E-state index in [1.807, 2.05) is 24.3 Å². The molecule has 21 heavy (non-hydrogen) atoms. The molecule has 0 unspecified atom stereocenters. The lowest BCUT2D eigenvalue weighted by molar-refractivity contribution is 0.953. The van der Waals surface area contributed by atoms with E-state index in [0.29, 0.717) is 0 Å². The fourth-order valence-electron chi connectivity index (χ4n) is 3.05. The topological polar surface area (TPSA) is 12.4 Å². The van der Waals surface area contributed by atoms with Crippen molar-refractivity contribution in [1.29, 1.82) is 0 Å². The molecule has 0 fully saturated rings. The molecule has 4 rings (SSSR count). The molecule has 1 aliphatic rings. The van der Waals surface area contributed by atoms with E-state index in [0.717, 1.165) is 29.3 Å². The normalized spacial score (nSPS) is 13.9. The first-order valence-corrected chi connectivity index (χ1v) is 7.52. The van der Waals surface area contributed by atoms with Gasteiger partial charge in [-0.15, -0.1) is 0 Å². The summed E-state index contributed by atoms with van der Waals surface area (Å²) in [7, 11) is 0. The van der Waals surface area contributed by atoms with Crippen LogP contribution in [0.1, 0.15) is 16.7 Å². The zero-order chi connectivity index (χ0) is 14.2. The highest BCUT2D eigenvalue weighted by Crippen LogP contribution is 2.28. The van der Waals surface area contributed by atoms with Gasteiger partial charge in [0.05, 0.1) is 5.71 Å². The molecule has 0 spiro atoms. The van der Waals surface area contributed by atoms with E-state index < -0.39 is 0 Å². The highest BCUT2D eigenvalue weighted by atomic mass is 35.5. The molecular weight excluding hydrogens is 278 g/mol. The number of halogens is 1. The average Bonchev–Trinajstić information content (AvgIpc) is 2.55. The number of benzene rings is 3. The van der Waals surface area contributed by atoms with E-state index in [4.69, 9.17) is 16.6 Å². The van der Waals surface area contributed by atoms with E-state index >= 15 is 0 Å². The van der Waals surface area contributed by atoms with Crippen LogP contribution >= 0.6 is 11.6 Å². The zero-order valence-corrected chi connectivity index (χ0v) is 12.3. The fraction of sp³-hybridized carbons (Fsp3) is 0.105. The second-order valence-electron chi connectivity index (χ2n) is 5.30. The molecule has 0 bridgehead atoms. The molecule has 3 aromatic rings. The molecule has 102 valence electrons. The van der Waals surface area contributed by atoms with Crippen LogP contribution in [0.15, 0.2) is 65.7 Å². The first-order chi connectivity index (χ1) is 10.3. The standard InChI is InChI=1S/C19H14ClN/c20-15-8-5-14(6-9-15)19-18-10-7-13-3-1-2-4-16(13)17(18)11-12-21-19/h1-10H,11-12H2. The third-order valence-electron chi connectivity index (χ3n) is 4.05. The lowest BCUT2D eigenvalue weighted by Crippen LogP contribution is -2.14. The summed E-state index contributed by atoms with van der Waals surface area (Å²) >= 11 is 5.99. The van der Waals surface area contributed by atoms with Crippen molar-refractivity contribution < 1.29 is 0 Å². The highest BCUT2D eigenvalue weighted by Gasteiger charge is 2.17. The molecule has 0 atom stereocenters. The van der Waals surface area contributed by atoms with Gasteiger partial charge >= 0.3 is 0 Å². The number of hydrogen-bond donors (Lipinski definition) is 0. The quantitative estimate of drug-likeness (QED) is 0.605. The Kier molecular flexibility index (Phi) is 3.01. The van der Waals surface area contributed by atoms with Gasteiger partial charge in [-0.05, 0) is 34.9 Å². The molecule has 0 aliphatic carbocycles. The van der Waals surface area contributed by atoms with Crippen LogP contribution in [0.3, 0.4) is 0 Å². The third kappa shape index (κ3) is 2.14. The van der Waals surface area contributed by atoms with Gasteiger partial charge in [-0.1, -0.05) is 60.1 Å². The highest BCUT2D eigenvalue weighted by molar-refractivity contribution is 6.30. The van der Waals surface area contributed by atoms with E-state index in [1.54, 1.807) is 0 Å². The van der Waals surface area contributed by atoms with Gasteiger partial charge in [-0.3, -0.25) is 4.99 Å². The van der Waals surface area contributed by atoms with Crippen LogP contribution < -0.4 is 0 Å². The van der Waals surface area contributed by atoms with Crippen molar-refractivity contribution in [2.45, 2.75) is 6.42 Å². The van der Waals surface area contributed by atoms with Crippen LogP contribution in [0, 0.1) is 0 Å². The minimum Gasteiger partial charge on any atom is -0.284 e. The molecule has 0 saturated carbocycles. The Morgan fingerprint density at radius 1 is 0.857 bits per heavy atom. The Morgan fingerprint density at radius 3 is 2.52 bits per heavy atom. The maximum Gasteiger partial charge on any atom is 0.0722 e. The smallest absolute Gasteiger partial charge is 0.0722 e. The van der Waals surface area contributed by atoms with Gasteiger partial charge in [0.15, 0.2) is 0 Å². The van der Waals surface area contributed by atoms with Crippen molar-refractivity contribution in [1.82, 2.24) is 0 Å².